The summed E-state index contributed by atoms with van der Waals surface area (Å²) in [6, 6.07) is -0.700. The molecule has 16 heavy (non-hydrogen) atoms. The number of hydrogen-bond acceptors (Lipinski definition) is 5. The van der Waals surface area contributed by atoms with Crippen molar-refractivity contribution in [3.8, 4) is 5.75 Å². The number of ether oxygens (including phenoxy) is 2. The van der Waals surface area contributed by atoms with Crippen LogP contribution in [-0.2, 0) is 16.1 Å². The maximum Gasteiger partial charge on any atom is 0.324 e. The van der Waals surface area contributed by atoms with Gasteiger partial charge in [-0.15, -0.1) is 0 Å². The van der Waals surface area contributed by atoms with Crippen LogP contribution in [0.5, 0.6) is 5.75 Å². The Balaban J connectivity index is 2.48. The van der Waals surface area contributed by atoms with Crippen LogP contribution in [0.2, 0.25) is 0 Å². The molecule has 90 valence electrons. The van der Waals surface area contributed by atoms with E-state index < -0.39 is 12.0 Å². The van der Waals surface area contributed by atoms with Gasteiger partial charge in [0, 0.05) is 0 Å². The first-order valence-electron chi connectivity index (χ1n) is 5.24. The Morgan fingerprint density at radius 1 is 1.56 bits per heavy atom. The number of esters is 1. The topological polar surface area (TPSA) is 79.4 Å². The zero-order valence-electron chi connectivity index (χ0n) is 9.55. The van der Waals surface area contributed by atoms with Crippen LogP contribution in [0.15, 0.2) is 12.4 Å². The minimum absolute atomic E-state index is 0.284. The molecule has 0 spiro atoms. The van der Waals surface area contributed by atoms with Crippen LogP contribution in [0.3, 0.4) is 0 Å². The van der Waals surface area contributed by atoms with Gasteiger partial charge in [0.2, 0.25) is 0 Å². The molecule has 0 radical (unpaired) electrons. The fraction of sp³-hybridized carbons (Fsp3) is 0.600. The van der Waals surface area contributed by atoms with Crippen LogP contribution in [0.4, 0.5) is 0 Å². The fourth-order valence-electron chi connectivity index (χ4n) is 1.21. The summed E-state index contributed by atoms with van der Waals surface area (Å²) >= 11 is 0. The van der Waals surface area contributed by atoms with Gasteiger partial charge < -0.3 is 15.2 Å². The van der Waals surface area contributed by atoms with Gasteiger partial charge in [-0.1, -0.05) is 0 Å². The van der Waals surface area contributed by atoms with Gasteiger partial charge in [0.05, 0.1) is 32.2 Å². The Bertz CT molecular complexity index is 338. The van der Waals surface area contributed by atoms with Crippen molar-refractivity contribution >= 4 is 5.97 Å². The zero-order chi connectivity index (χ0) is 12.0. The van der Waals surface area contributed by atoms with Crippen molar-refractivity contribution in [2.45, 2.75) is 26.4 Å². The van der Waals surface area contributed by atoms with E-state index in [9.17, 15) is 4.79 Å². The van der Waals surface area contributed by atoms with Crippen molar-refractivity contribution < 1.29 is 14.3 Å². The summed E-state index contributed by atoms with van der Waals surface area (Å²) in [5.41, 5.74) is 5.64. The number of aromatic nitrogens is 2. The van der Waals surface area contributed by atoms with Gasteiger partial charge in [0.25, 0.3) is 0 Å². The second-order valence-corrected chi connectivity index (χ2v) is 3.19. The van der Waals surface area contributed by atoms with Crippen molar-refractivity contribution in [3.63, 3.8) is 0 Å². The highest BCUT2D eigenvalue weighted by Gasteiger charge is 2.15. The Hall–Kier alpha value is -1.56. The SMILES string of the molecule is CCOC(=O)C(N)Cn1cc(OCC)cn1. The normalized spacial score (nSPS) is 12.2. The second kappa shape index (κ2) is 6.12. The monoisotopic (exact) mass is 227 g/mol. The highest BCUT2D eigenvalue weighted by molar-refractivity contribution is 5.75. The van der Waals surface area contributed by atoms with Crippen molar-refractivity contribution in [1.82, 2.24) is 9.78 Å². The minimum Gasteiger partial charge on any atom is -0.491 e. The molecule has 0 saturated heterocycles. The van der Waals surface area contributed by atoms with Crippen LogP contribution in [-0.4, -0.2) is 35.0 Å². The Morgan fingerprint density at radius 2 is 2.31 bits per heavy atom. The average molecular weight is 227 g/mol. The molecule has 0 aromatic carbocycles. The lowest BCUT2D eigenvalue weighted by Gasteiger charge is -2.09. The van der Waals surface area contributed by atoms with Crippen molar-refractivity contribution in [1.29, 1.82) is 0 Å². The van der Waals surface area contributed by atoms with Crippen LogP contribution >= 0.6 is 0 Å². The average Bonchev–Trinajstić information content (AvgIpc) is 2.66. The summed E-state index contributed by atoms with van der Waals surface area (Å²) in [5.74, 6) is 0.245. The zero-order valence-corrected chi connectivity index (χ0v) is 9.55. The molecule has 0 aliphatic heterocycles. The Labute approximate surface area is 94.3 Å². The molecule has 6 nitrogen and oxygen atoms in total. The Morgan fingerprint density at radius 3 is 2.94 bits per heavy atom. The molecular weight excluding hydrogens is 210 g/mol. The molecule has 2 N–H and O–H groups in total. The first-order chi connectivity index (χ1) is 7.67. The summed E-state index contributed by atoms with van der Waals surface area (Å²) < 4.78 is 11.6. The first kappa shape index (κ1) is 12.5. The van der Waals surface area contributed by atoms with Gasteiger partial charge in [0.15, 0.2) is 5.75 Å². The lowest BCUT2D eigenvalue weighted by atomic mass is 10.3. The lowest BCUT2D eigenvalue weighted by Crippen LogP contribution is -2.36. The van der Waals surface area contributed by atoms with E-state index in [1.165, 1.54) is 0 Å². The second-order valence-electron chi connectivity index (χ2n) is 3.19. The van der Waals surface area contributed by atoms with Gasteiger partial charge in [-0.25, -0.2) is 0 Å². The van der Waals surface area contributed by atoms with E-state index in [2.05, 4.69) is 5.10 Å². The number of hydrogen-bond donors (Lipinski definition) is 1. The minimum atomic E-state index is -0.700. The summed E-state index contributed by atoms with van der Waals surface area (Å²) in [7, 11) is 0. The summed E-state index contributed by atoms with van der Waals surface area (Å²) in [5, 5.41) is 4.02. The fourth-order valence-corrected chi connectivity index (χ4v) is 1.21. The molecule has 6 heteroatoms. The highest BCUT2D eigenvalue weighted by atomic mass is 16.5. The predicted molar refractivity (Wildman–Crippen MR) is 58.0 cm³/mol. The molecule has 1 unspecified atom stereocenters. The molecule has 0 saturated carbocycles. The summed E-state index contributed by atoms with van der Waals surface area (Å²) in [6.45, 7) is 4.82. The van der Waals surface area contributed by atoms with Crippen LogP contribution in [0.25, 0.3) is 0 Å². The van der Waals surface area contributed by atoms with Crippen LogP contribution in [0, 0.1) is 0 Å². The number of carbonyl (C=O) groups excluding carboxylic acids is 1. The maximum absolute atomic E-state index is 11.3. The standard InChI is InChI=1S/C10H17N3O3/c1-3-15-8-5-12-13(6-8)7-9(11)10(14)16-4-2/h5-6,9H,3-4,7,11H2,1-2H3. The van der Waals surface area contributed by atoms with Crippen molar-refractivity contribution in [3.05, 3.63) is 12.4 Å². The van der Waals surface area contributed by atoms with Gasteiger partial charge in [-0.05, 0) is 13.8 Å². The molecule has 1 rings (SSSR count). The number of nitrogens with zero attached hydrogens (tertiary/aromatic N) is 2. The molecule has 1 atom stereocenters. The molecule has 0 bridgehead atoms. The summed E-state index contributed by atoms with van der Waals surface area (Å²) in [4.78, 5) is 11.3. The van der Waals surface area contributed by atoms with E-state index in [0.29, 0.717) is 19.0 Å². The lowest BCUT2D eigenvalue weighted by molar-refractivity contribution is -0.145. The predicted octanol–water partition coefficient (Wildman–Crippen LogP) is 0.172. The molecule has 0 fully saturated rings. The molecule has 1 heterocycles. The molecule has 1 aromatic heterocycles. The van der Waals surface area contributed by atoms with E-state index in [1.807, 2.05) is 6.92 Å². The van der Waals surface area contributed by atoms with Gasteiger partial charge in [-0.3, -0.25) is 9.48 Å². The van der Waals surface area contributed by atoms with Gasteiger partial charge in [-0.2, -0.15) is 5.10 Å². The van der Waals surface area contributed by atoms with E-state index >= 15 is 0 Å². The van der Waals surface area contributed by atoms with E-state index in [-0.39, 0.29) is 6.54 Å². The van der Waals surface area contributed by atoms with Gasteiger partial charge in [0.1, 0.15) is 6.04 Å². The first-order valence-corrected chi connectivity index (χ1v) is 5.24. The molecular formula is C10H17N3O3. The van der Waals surface area contributed by atoms with E-state index in [4.69, 9.17) is 15.2 Å². The highest BCUT2D eigenvalue weighted by Crippen LogP contribution is 2.08. The third-order valence-electron chi connectivity index (χ3n) is 1.89. The van der Waals surface area contributed by atoms with E-state index in [1.54, 1.807) is 24.0 Å². The largest absolute Gasteiger partial charge is 0.491 e. The third-order valence-corrected chi connectivity index (χ3v) is 1.89. The number of carbonyl (C=O) groups is 1. The smallest absolute Gasteiger partial charge is 0.324 e. The van der Waals surface area contributed by atoms with Crippen molar-refractivity contribution in [2.75, 3.05) is 13.2 Å². The van der Waals surface area contributed by atoms with Gasteiger partial charge >= 0.3 is 5.97 Å². The number of rotatable bonds is 6. The maximum atomic E-state index is 11.3. The van der Waals surface area contributed by atoms with Crippen LogP contribution < -0.4 is 10.5 Å². The van der Waals surface area contributed by atoms with Crippen LogP contribution in [0.1, 0.15) is 13.8 Å². The molecule has 0 aliphatic carbocycles. The molecule has 1 aromatic rings. The Kier molecular flexibility index (Phi) is 4.78. The molecule has 0 amide bonds. The molecule has 0 aliphatic rings. The number of nitrogens with two attached hydrogens (primary N) is 1. The van der Waals surface area contributed by atoms with Crippen molar-refractivity contribution in [2.24, 2.45) is 5.73 Å². The summed E-state index contributed by atoms with van der Waals surface area (Å²) in [6.07, 6.45) is 3.28. The van der Waals surface area contributed by atoms with E-state index in [0.717, 1.165) is 0 Å². The third kappa shape index (κ3) is 3.54. The quantitative estimate of drug-likeness (QED) is 0.701.